The summed E-state index contributed by atoms with van der Waals surface area (Å²) in [6, 6.07) is 31.8. The number of hydrazone groups is 1. The predicted molar refractivity (Wildman–Crippen MR) is 143 cm³/mol. The standard InChI is InChI=1S/C30H26N4O2/c1-20-7-9-22(10-8-20)19-36-27-15-13-24(14-16-27)28-18-29(33-32-28)30(35)34-31-21(2)25-12-11-23-5-3-4-6-26(23)17-25/h3-18H,19H2,1-2H3,(H,32,33)(H,34,35). The molecular formula is C30H26N4O2. The zero-order chi connectivity index (χ0) is 24.9. The summed E-state index contributed by atoms with van der Waals surface area (Å²) in [5, 5.41) is 13.6. The molecule has 1 amide bonds. The van der Waals surface area contributed by atoms with Crippen LogP contribution < -0.4 is 10.2 Å². The molecular weight excluding hydrogens is 448 g/mol. The highest BCUT2D eigenvalue weighted by atomic mass is 16.5. The van der Waals surface area contributed by atoms with Gasteiger partial charge >= 0.3 is 0 Å². The molecule has 2 N–H and O–H groups in total. The fraction of sp³-hybridized carbons (Fsp3) is 0.100. The summed E-state index contributed by atoms with van der Waals surface area (Å²) in [5.74, 6) is 0.415. The largest absolute Gasteiger partial charge is 0.489 e. The first-order valence-electron chi connectivity index (χ1n) is 11.7. The molecule has 1 aromatic heterocycles. The highest BCUT2D eigenvalue weighted by Crippen LogP contribution is 2.22. The van der Waals surface area contributed by atoms with Crippen LogP contribution in [0.2, 0.25) is 0 Å². The van der Waals surface area contributed by atoms with Crippen molar-refractivity contribution in [2.45, 2.75) is 20.5 Å². The number of aromatic nitrogens is 2. The van der Waals surface area contributed by atoms with Crippen molar-refractivity contribution in [3.8, 4) is 17.0 Å². The Hall–Kier alpha value is -4.71. The van der Waals surface area contributed by atoms with E-state index in [-0.39, 0.29) is 5.91 Å². The number of nitrogens with one attached hydrogen (secondary N) is 2. The van der Waals surface area contributed by atoms with Crippen molar-refractivity contribution in [1.82, 2.24) is 15.6 Å². The summed E-state index contributed by atoms with van der Waals surface area (Å²) in [6.07, 6.45) is 0. The average molecular weight is 475 g/mol. The zero-order valence-electron chi connectivity index (χ0n) is 20.2. The Morgan fingerprint density at radius 2 is 1.67 bits per heavy atom. The zero-order valence-corrected chi connectivity index (χ0v) is 20.2. The fourth-order valence-corrected chi connectivity index (χ4v) is 3.83. The molecule has 6 nitrogen and oxygen atoms in total. The van der Waals surface area contributed by atoms with Crippen molar-refractivity contribution in [3.63, 3.8) is 0 Å². The molecule has 178 valence electrons. The number of carbonyl (C=O) groups excluding carboxylic acids is 1. The number of aromatic amines is 1. The number of rotatable bonds is 7. The predicted octanol–water partition coefficient (Wildman–Crippen LogP) is 6.27. The smallest absolute Gasteiger partial charge is 0.289 e. The Labute approximate surface area is 209 Å². The van der Waals surface area contributed by atoms with Crippen LogP contribution in [0.15, 0.2) is 102 Å². The maximum atomic E-state index is 12.6. The lowest BCUT2D eigenvalue weighted by atomic mass is 10.0. The normalized spacial score (nSPS) is 11.4. The maximum absolute atomic E-state index is 12.6. The van der Waals surface area contributed by atoms with Gasteiger partial charge in [0.2, 0.25) is 0 Å². The van der Waals surface area contributed by atoms with Gasteiger partial charge in [0.25, 0.3) is 5.91 Å². The minimum Gasteiger partial charge on any atom is -0.489 e. The van der Waals surface area contributed by atoms with Crippen LogP contribution in [-0.2, 0) is 6.61 Å². The van der Waals surface area contributed by atoms with E-state index in [1.54, 1.807) is 6.07 Å². The third-order valence-electron chi connectivity index (χ3n) is 5.99. The van der Waals surface area contributed by atoms with E-state index < -0.39 is 0 Å². The summed E-state index contributed by atoms with van der Waals surface area (Å²) >= 11 is 0. The number of hydrogen-bond donors (Lipinski definition) is 2. The molecule has 0 saturated carbocycles. The second-order valence-electron chi connectivity index (χ2n) is 8.67. The number of H-pyrrole nitrogens is 1. The number of ether oxygens (including phenoxy) is 1. The van der Waals surface area contributed by atoms with E-state index in [1.165, 1.54) is 5.56 Å². The van der Waals surface area contributed by atoms with Gasteiger partial charge in [-0.1, -0.05) is 66.2 Å². The van der Waals surface area contributed by atoms with Gasteiger partial charge in [-0.25, -0.2) is 5.43 Å². The molecule has 0 aliphatic rings. The summed E-state index contributed by atoms with van der Waals surface area (Å²) < 4.78 is 5.87. The molecule has 0 radical (unpaired) electrons. The third-order valence-corrected chi connectivity index (χ3v) is 5.99. The first kappa shape index (κ1) is 23.1. The lowest BCUT2D eigenvalue weighted by Crippen LogP contribution is -2.19. The quantitative estimate of drug-likeness (QED) is 0.215. The van der Waals surface area contributed by atoms with E-state index in [4.69, 9.17) is 4.74 Å². The summed E-state index contributed by atoms with van der Waals surface area (Å²) in [5.41, 5.74) is 8.50. The Kier molecular flexibility index (Phi) is 6.58. The SMILES string of the molecule is CC(=NNC(=O)c1cc(-c2ccc(OCc3ccc(C)cc3)cc2)n[nH]1)c1ccc2ccccc2c1. The van der Waals surface area contributed by atoms with Crippen molar-refractivity contribution in [1.29, 1.82) is 0 Å². The van der Waals surface area contributed by atoms with E-state index >= 15 is 0 Å². The van der Waals surface area contributed by atoms with Crippen LogP contribution in [0.1, 0.15) is 34.1 Å². The monoisotopic (exact) mass is 474 g/mol. The van der Waals surface area contributed by atoms with E-state index in [0.717, 1.165) is 38.9 Å². The Morgan fingerprint density at radius 1 is 0.917 bits per heavy atom. The molecule has 4 aromatic carbocycles. The van der Waals surface area contributed by atoms with Crippen LogP contribution in [0.3, 0.4) is 0 Å². The molecule has 5 aromatic rings. The van der Waals surface area contributed by atoms with Gasteiger partial charge in [0.15, 0.2) is 0 Å². The van der Waals surface area contributed by atoms with Crippen LogP contribution in [0.4, 0.5) is 0 Å². The van der Waals surface area contributed by atoms with Gasteiger partial charge in [-0.15, -0.1) is 0 Å². The van der Waals surface area contributed by atoms with Crippen molar-refractivity contribution in [3.05, 3.63) is 119 Å². The van der Waals surface area contributed by atoms with Crippen molar-refractivity contribution >= 4 is 22.4 Å². The van der Waals surface area contributed by atoms with Crippen LogP contribution in [0, 0.1) is 6.92 Å². The van der Waals surface area contributed by atoms with Gasteiger partial charge < -0.3 is 4.74 Å². The number of nitrogens with zero attached hydrogens (tertiary/aromatic N) is 2. The van der Waals surface area contributed by atoms with Gasteiger partial charge in [-0.05, 0) is 72.1 Å². The highest BCUT2D eigenvalue weighted by molar-refractivity contribution is 6.03. The molecule has 0 aliphatic carbocycles. The van der Waals surface area contributed by atoms with Crippen LogP contribution >= 0.6 is 0 Å². The Balaban J connectivity index is 1.21. The minimum atomic E-state index is -0.355. The number of hydrogen-bond acceptors (Lipinski definition) is 4. The Morgan fingerprint density at radius 3 is 2.44 bits per heavy atom. The molecule has 0 spiro atoms. The summed E-state index contributed by atoms with van der Waals surface area (Å²) in [7, 11) is 0. The minimum absolute atomic E-state index is 0.333. The van der Waals surface area contributed by atoms with Crippen LogP contribution in [-0.4, -0.2) is 21.8 Å². The van der Waals surface area contributed by atoms with Gasteiger partial charge in [0.1, 0.15) is 18.1 Å². The van der Waals surface area contributed by atoms with E-state index in [0.29, 0.717) is 18.0 Å². The fourth-order valence-electron chi connectivity index (χ4n) is 3.83. The number of aryl methyl sites for hydroxylation is 1. The van der Waals surface area contributed by atoms with Gasteiger partial charge in [0.05, 0.1) is 11.4 Å². The molecule has 5 rings (SSSR count). The first-order chi connectivity index (χ1) is 17.5. The molecule has 0 atom stereocenters. The lowest BCUT2D eigenvalue weighted by molar-refractivity contribution is 0.0950. The molecule has 1 heterocycles. The number of fused-ring (bicyclic) bond motifs is 1. The number of amides is 1. The maximum Gasteiger partial charge on any atom is 0.289 e. The van der Waals surface area contributed by atoms with Crippen molar-refractivity contribution in [2.24, 2.45) is 5.10 Å². The molecule has 0 unspecified atom stereocenters. The van der Waals surface area contributed by atoms with E-state index in [9.17, 15) is 4.79 Å². The number of benzene rings is 4. The molecule has 36 heavy (non-hydrogen) atoms. The van der Waals surface area contributed by atoms with Gasteiger partial charge in [-0.3, -0.25) is 9.89 Å². The number of carbonyl (C=O) groups is 1. The van der Waals surface area contributed by atoms with E-state index in [1.807, 2.05) is 55.5 Å². The molecule has 0 aliphatic heterocycles. The summed E-state index contributed by atoms with van der Waals surface area (Å²) in [4.78, 5) is 12.6. The third kappa shape index (κ3) is 5.33. The Bertz CT molecular complexity index is 1530. The summed E-state index contributed by atoms with van der Waals surface area (Å²) in [6.45, 7) is 4.44. The van der Waals surface area contributed by atoms with Crippen molar-refractivity contribution < 1.29 is 9.53 Å². The molecule has 0 bridgehead atoms. The second-order valence-corrected chi connectivity index (χ2v) is 8.67. The second kappa shape index (κ2) is 10.3. The average Bonchev–Trinajstić information content (AvgIpc) is 3.42. The lowest BCUT2D eigenvalue weighted by Gasteiger charge is -2.07. The molecule has 0 saturated heterocycles. The van der Waals surface area contributed by atoms with Crippen LogP contribution in [0.25, 0.3) is 22.0 Å². The topological polar surface area (TPSA) is 79.4 Å². The van der Waals surface area contributed by atoms with Crippen molar-refractivity contribution in [2.75, 3.05) is 0 Å². The van der Waals surface area contributed by atoms with Gasteiger partial charge in [-0.2, -0.15) is 10.2 Å². The van der Waals surface area contributed by atoms with E-state index in [2.05, 4.69) is 70.1 Å². The highest BCUT2D eigenvalue weighted by Gasteiger charge is 2.11. The molecule has 0 fully saturated rings. The van der Waals surface area contributed by atoms with Gasteiger partial charge in [0, 0.05) is 5.56 Å². The first-order valence-corrected chi connectivity index (χ1v) is 11.7. The molecule has 6 heteroatoms. The van der Waals surface area contributed by atoms with Crippen LogP contribution in [0.5, 0.6) is 5.75 Å².